The largest absolute Gasteiger partial charge is 0.493 e. The number of hydrogen-bond donors (Lipinski definition) is 2. The molecule has 6 nitrogen and oxygen atoms in total. The van der Waals surface area contributed by atoms with Gasteiger partial charge in [0.05, 0.1) is 14.2 Å². The number of carbonyl (C=O) groups is 2. The van der Waals surface area contributed by atoms with Crippen LogP contribution in [0, 0.1) is 5.41 Å². The third-order valence-electron chi connectivity index (χ3n) is 4.10. The van der Waals surface area contributed by atoms with Crippen LogP contribution in [0.25, 0.3) is 0 Å². The van der Waals surface area contributed by atoms with Crippen molar-refractivity contribution in [2.45, 2.75) is 46.6 Å². The van der Waals surface area contributed by atoms with E-state index in [2.05, 4.69) is 17.6 Å². The Balaban J connectivity index is 2.61. The molecule has 0 atom stereocenters. The number of ether oxygens (including phenoxy) is 2. The van der Waals surface area contributed by atoms with Crippen molar-refractivity contribution in [3.05, 3.63) is 23.8 Å². The SMILES string of the molecule is CCCCCNC(=O)C(C)(C)C(=O)NCc1ccc(OC)c(OC)c1. The lowest BCUT2D eigenvalue weighted by atomic mass is 9.91. The number of amides is 2. The van der Waals surface area contributed by atoms with Gasteiger partial charge in [0, 0.05) is 13.1 Å². The van der Waals surface area contributed by atoms with Crippen LogP contribution < -0.4 is 20.1 Å². The number of rotatable bonds is 10. The van der Waals surface area contributed by atoms with Gasteiger partial charge >= 0.3 is 0 Å². The lowest BCUT2D eigenvalue weighted by molar-refractivity contribution is -0.141. The van der Waals surface area contributed by atoms with Crippen LogP contribution in [0.3, 0.4) is 0 Å². The highest BCUT2D eigenvalue weighted by Crippen LogP contribution is 2.27. The van der Waals surface area contributed by atoms with Gasteiger partial charge in [-0.05, 0) is 38.0 Å². The van der Waals surface area contributed by atoms with E-state index in [4.69, 9.17) is 9.47 Å². The van der Waals surface area contributed by atoms with Gasteiger partial charge in [-0.25, -0.2) is 0 Å². The molecule has 0 saturated carbocycles. The summed E-state index contributed by atoms with van der Waals surface area (Å²) < 4.78 is 10.4. The molecule has 0 radical (unpaired) electrons. The van der Waals surface area contributed by atoms with E-state index in [1.807, 2.05) is 6.07 Å². The minimum atomic E-state index is -1.12. The molecule has 0 spiro atoms. The molecule has 0 aliphatic heterocycles. The Labute approximate surface area is 150 Å². The summed E-state index contributed by atoms with van der Waals surface area (Å²) in [5, 5.41) is 5.65. The summed E-state index contributed by atoms with van der Waals surface area (Å²) in [6.07, 6.45) is 3.07. The highest BCUT2D eigenvalue weighted by atomic mass is 16.5. The Hall–Kier alpha value is -2.24. The second-order valence-corrected chi connectivity index (χ2v) is 6.46. The summed E-state index contributed by atoms with van der Waals surface area (Å²) in [5.41, 5.74) is -0.256. The second kappa shape index (κ2) is 9.91. The van der Waals surface area contributed by atoms with E-state index in [0.29, 0.717) is 24.6 Å². The molecule has 0 unspecified atom stereocenters. The highest BCUT2D eigenvalue weighted by Gasteiger charge is 2.35. The summed E-state index contributed by atoms with van der Waals surface area (Å²) in [4.78, 5) is 24.7. The predicted molar refractivity (Wildman–Crippen MR) is 97.7 cm³/mol. The fraction of sp³-hybridized carbons (Fsp3) is 0.579. The molecule has 0 fully saturated rings. The number of carbonyl (C=O) groups excluding carboxylic acids is 2. The minimum absolute atomic E-state index is 0.256. The molecule has 1 aromatic carbocycles. The van der Waals surface area contributed by atoms with Gasteiger partial charge in [0.15, 0.2) is 11.5 Å². The molecule has 0 aliphatic rings. The Morgan fingerprint density at radius 3 is 2.24 bits per heavy atom. The highest BCUT2D eigenvalue weighted by molar-refractivity contribution is 6.04. The van der Waals surface area contributed by atoms with Crippen LogP contribution in [0.5, 0.6) is 11.5 Å². The first kappa shape index (κ1) is 20.8. The van der Waals surface area contributed by atoms with E-state index in [0.717, 1.165) is 24.8 Å². The molecule has 140 valence electrons. The first-order valence-corrected chi connectivity index (χ1v) is 8.64. The quantitative estimate of drug-likeness (QED) is 0.502. The molecular weight excluding hydrogens is 320 g/mol. The van der Waals surface area contributed by atoms with Gasteiger partial charge in [-0.1, -0.05) is 25.8 Å². The Morgan fingerprint density at radius 2 is 1.64 bits per heavy atom. The zero-order valence-corrected chi connectivity index (χ0v) is 15.9. The fourth-order valence-corrected chi connectivity index (χ4v) is 2.29. The van der Waals surface area contributed by atoms with Gasteiger partial charge in [-0.2, -0.15) is 0 Å². The van der Waals surface area contributed by atoms with Crippen LogP contribution in [0.2, 0.25) is 0 Å². The van der Waals surface area contributed by atoms with Gasteiger partial charge in [-0.3, -0.25) is 9.59 Å². The zero-order valence-electron chi connectivity index (χ0n) is 15.9. The number of hydrogen-bond acceptors (Lipinski definition) is 4. The summed E-state index contributed by atoms with van der Waals surface area (Å²) in [6.45, 7) is 6.27. The lowest BCUT2D eigenvalue weighted by Crippen LogP contribution is -2.47. The second-order valence-electron chi connectivity index (χ2n) is 6.46. The minimum Gasteiger partial charge on any atom is -0.493 e. The van der Waals surface area contributed by atoms with Crippen molar-refractivity contribution in [1.82, 2.24) is 10.6 Å². The first-order valence-electron chi connectivity index (χ1n) is 8.64. The topological polar surface area (TPSA) is 76.7 Å². The van der Waals surface area contributed by atoms with Gasteiger partial charge in [0.25, 0.3) is 0 Å². The monoisotopic (exact) mass is 350 g/mol. The fourth-order valence-electron chi connectivity index (χ4n) is 2.29. The Morgan fingerprint density at radius 1 is 1.00 bits per heavy atom. The van der Waals surface area contributed by atoms with Crippen molar-refractivity contribution >= 4 is 11.8 Å². The van der Waals surface area contributed by atoms with Crippen molar-refractivity contribution in [3.63, 3.8) is 0 Å². The molecule has 0 heterocycles. The third kappa shape index (κ3) is 5.96. The molecule has 0 aromatic heterocycles. The summed E-state index contributed by atoms with van der Waals surface area (Å²) >= 11 is 0. The van der Waals surface area contributed by atoms with Crippen LogP contribution >= 0.6 is 0 Å². The van der Waals surface area contributed by atoms with Gasteiger partial charge < -0.3 is 20.1 Å². The summed E-state index contributed by atoms with van der Waals surface area (Å²) in [7, 11) is 3.13. The van der Waals surface area contributed by atoms with Crippen molar-refractivity contribution in [1.29, 1.82) is 0 Å². The maximum atomic E-state index is 12.4. The molecule has 1 aromatic rings. The number of benzene rings is 1. The van der Waals surface area contributed by atoms with E-state index < -0.39 is 5.41 Å². The van der Waals surface area contributed by atoms with Crippen LogP contribution in [-0.2, 0) is 16.1 Å². The van der Waals surface area contributed by atoms with E-state index in [-0.39, 0.29) is 11.8 Å². The van der Waals surface area contributed by atoms with E-state index >= 15 is 0 Å². The molecule has 0 bridgehead atoms. The van der Waals surface area contributed by atoms with E-state index in [1.54, 1.807) is 40.2 Å². The molecular formula is C19H30N2O4. The molecule has 6 heteroatoms. The Bertz CT molecular complexity index is 585. The zero-order chi connectivity index (χ0) is 18.9. The van der Waals surface area contributed by atoms with E-state index in [1.165, 1.54) is 0 Å². The number of methoxy groups -OCH3 is 2. The first-order chi connectivity index (χ1) is 11.9. The van der Waals surface area contributed by atoms with Gasteiger partial charge in [0.1, 0.15) is 5.41 Å². The van der Waals surface area contributed by atoms with Crippen LogP contribution in [-0.4, -0.2) is 32.6 Å². The molecule has 1 rings (SSSR count). The van der Waals surface area contributed by atoms with Crippen molar-refractivity contribution in [2.24, 2.45) is 5.41 Å². The number of nitrogens with one attached hydrogen (secondary N) is 2. The van der Waals surface area contributed by atoms with Crippen LogP contribution in [0.15, 0.2) is 18.2 Å². The van der Waals surface area contributed by atoms with Crippen molar-refractivity contribution in [3.8, 4) is 11.5 Å². The van der Waals surface area contributed by atoms with Crippen molar-refractivity contribution < 1.29 is 19.1 Å². The van der Waals surface area contributed by atoms with Crippen LogP contribution in [0.4, 0.5) is 0 Å². The number of unbranched alkanes of at least 4 members (excludes halogenated alkanes) is 2. The standard InChI is InChI=1S/C19H30N2O4/c1-6-7-8-11-20-17(22)19(2,3)18(23)21-13-14-9-10-15(24-4)16(12-14)25-5/h9-10,12H,6-8,11,13H2,1-5H3,(H,20,22)(H,21,23). The smallest absolute Gasteiger partial charge is 0.235 e. The Kier molecular flexibility index (Phi) is 8.25. The van der Waals surface area contributed by atoms with Gasteiger partial charge in [-0.15, -0.1) is 0 Å². The van der Waals surface area contributed by atoms with Crippen LogP contribution in [0.1, 0.15) is 45.6 Å². The van der Waals surface area contributed by atoms with Gasteiger partial charge in [0.2, 0.25) is 11.8 Å². The molecule has 0 aliphatic carbocycles. The normalized spacial score (nSPS) is 10.9. The molecule has 2 N–H and O–H groups in total. The molecule has 0 saturated heterocycles. The third-order valence-corrected chi connectivity index (χ3v) is 4.10. The summed E-state index contributed by atoms with van der Waals surface area (Å²) in [6, 6.07) is 5.43. The average molecular weight is 350 g/mol. The predicted octanol–water partition coefficient (Wildman–Crippen LogP) is 2.65. The lowest BCUT2D eigenvalue weighted by Gasteiger charge is -2.23. The van der Waals surface area contributed by atoms with Crippen molar-refractivity contribution in [2.75, 3.05) is 20.8 Å². The van der Waals surface area contributed by atoms with E-state index in [9.17, 15) is 9.59 Å². The summed E-state index contributed by atoms with van der Waals surface area (Å²) in [5.74, 6) is 0.662. The maximum absolute atomic E-state index is 12.4. The molecule has 25 heavy (non-hydrogen) atoms. The maximum Gasteiger partial charge on any atom is 0.235 e. The average Bonchev–Trinajstić information content (AvgIpc) is 2.62. The molecule has 2 amide bonds.